The van der Waals surface area contributed by atoms with Crippen molar-refractivity contribution in [3.8, 4) is 11.4 Å². The molecule has 0 aliphatic heterocycles. The van der Waals surface area contributed by atoms with Crippen LogP contribution < -0.4 is 4.74 Å². The standard InChI is InChI=1S/C10H9Cl2N3O/c1-16-7-2-3-8(12)9(4-7)15-6-13-14-10(15)5-11/h2-4,6H,5H2,1H3. The van der Waals surface area contributed by atoms with Crippen molar-refractivity contribution in [1.29, 1.82) is 0 Å². The van der Waals surface area contributed by atoms with E-state index in [1.54, 1.807) is 30.1 Å². The van der Waals surface area contributed by atoms with Gasteiger partial charge in [-0.25, -0.2) is 0 Å². The number of aromatic nitrogens is 3. The maximum Gasteiger partial charge on any atom is 0.152 e. The molecule has 1 aromatic carbocycles. The van der Waals surface area contributed by atoms with Gasteiger partial charge in [-0.15, -0.1) is 21.8 Å². The van der Waals surface area contributed by atoms with E-state index in [0.29, 0.717) is 16.6 Å². The van der Waals surface area contributed by atoms with Crippen LogP contribution in [-0.4, -0.2) is 21.9 Å². The van der Waals surface area contributed by atoms with E-state index < -0.39 is 0 Å². The Bertz CT molecular complexity index is 499. The van der Waals surface area contributed by atoms with Crippen LogP contribution in [0.15, 0.2) is 24.5 Å². The van der Waals surface area contributed by atoms with Crippen LogP contribution in [0.5, 0.6) is 5.75 Å². The summed E-state index contributed by atoms with van der Waals surface area (Å²) in [6.45, 7) is 0. The van der Waals surface area contributed by atoms with Crippen molar-refractivity contribution in [2.75, 3.05) is 7.11 Å². The molecule has 0 amide bonds. The molecular weight excluding hydrogens is 249 g/mol. The van der Waals surface area contributed by atoms with Gasteiger partial charge in [-0.3, -0.25) is 4.57 Å². The summed E-state index contributed by atoms with van der Waals surface area (Å²) in [6.07, 6.45) is 1.57. The monoisotopic (exact) mass is 257 g/mol. The van der Waals surface area contributed by atoms with Gasteiger partial charge in [0.1, 0.15) is 12.1 Å². The Labute approximate surface area is 103 Å². The molecule has 0 atom stereocenters. The molecule has 0 N–H and O–H groups in total. The first kappa shape index (κ1) is 11.2. The molecule has 0 unspecified atom stereocenters. The third-order valence-corrected chi connectivity index (χ3v) is 2.71. The molecule has 0 saturated heterocycles. The molecule has 4 nitrogen and oxygen atoms in total. The molecule has 0 fully saturated rings. The van der Waals surface area contributed by atoms with Gasteiger partial charge < -0.3 is 4.74 Å². The minimum Gasteiger partial charge on any atom is -0.497 e. The number of nitrogens with zero attached hydrogens (tertiary/aromatic N) is 3. The van der Waals surface area contributed by atoms with Crippen molar-refractivity contribution >= 4 is 23.2 Å². The quantitative estimate of drug-likeness (QED) is 0.794. The number of methoxy groups -OCH3 is 1. The number of hydrogen-bond donors (Lipinski definition) is 0. The van der Waals surface area contributed by atoms with Gasteiger partial charge in [0.15, 0.2) is 5.82 Å². The van der Waals surface area contributed by atoms with Crippen LogP contribution >= 0.6 is 23.2 Å². The molecule has 0 saturated carbocycles. The summed E-state index contributed by atoms with van der Waals surface area (Å²) < 4.78 is 6.87. The predicted octanol–water partition coefficient (Wildman–Crippen LogP) is 2.67. The van der Waals surface area contributed by atoms with Crippen molar-refractivity contribution in [2.24, 2.45) is 0 Å². The lowest BCUT2D eigenvalue weighted by Crippen LogP contribution is -1.99. The van der Waals surface area contributed by atoms with Gasteiger partial charge in [0.25, 0.3) is 0 Å². The first-order valence-corrected chi connectivity index (χ1v) is 5.46. The van der Waals surface area contributed by atoms with Crippen molar-refractivity contribution in [3.05, 3.63) is 35.4 Å². The Morgan fingerprint density at radius 3 is 2.94 bits per heavy atom. The number of halogens is 2. The third kappa shape index (κ3) is 1.99. The number of benzene rings is 1. The van der Waals surface area contributed by atoms with E-state index in [-0.39, 0.29) is 5.88 Å². The number of alkyl halides is 1. The van der Waals surface area contributed by atoms with Crippen molar-refractivity contribution in [1.82, 2.24) is 14.8 Å². The highest BCUT2D eigenvalue weighted by atomic mass is 35.5. The van der Waals surface area contributed by atoms with Crippen LogP contribution in [-0.2, 0) is 5.88 Å². The summed E-state index contributed by atoms with van der Waals surface area (Å²) in [5, 5.41) is 8.27. The topological polar surface area (TPSA) is 39.9 Å². The summed E-state index contributed by atoms with van der Waals surface area (Å²) in [7, 11) is 1.60. The molecule has 1 heterocycles. The lowest BCUT2D eigenvalue weighted by Gasteiger charge is -2.08. The lowest BCUT2D eigenvalue weighted by atomic mass is 10.3. The van der Waals surface area contributed by atoms with E-state index in [0.717, 1.165) is 5.69 Å². The molecule has 2 aromatic rings. The average molecular weight is 258 g/mol. The summed E-state index contributed by atoms with van der Waals surface area (Å²) >= 11 is 11.9. The molecule has 6 heteroatoms. The Kier molecular flexibility index (Phi) is 3.31. The van der Waals surface area contributed by atoms with Gasteiger partial charge in [-0.2, -0.15) is 0 Å². The van der Waals surface area contributed by atoms with Crippen molar-refractivity contribution < 1.29 is 4.74 Å². The van der Waals surface area contributed by atoms with Crippen LogP contribution in [0.4, 0.5) is 0 Å². The molecule has 0 radical (unpaired) electrons. The Hall–Kier alpha value is -1.26. The normalized spacial score (nSPS) is 10.4. The fraction of sp³-hybridized carbons (Fsp3) is 0.200. The van der Waals surface area contributed by atoms with E-state index in [4.69, 9.17) is 27.9 Å². The number of rotatable bonds is 3. The summed E-state index contributed by atoms with van der Waals surface area (Å²) in [6, 6.07) is 5.35. The van der Waals surface area contributed by atoms with Crippen LogP contribution in [0.1, 0.15) is 5.82 Å². The van der Waals surface area contributed by atoms with Gasteiger partial charge in [0.05, 0.1) is 23.7 Å². The zero-order chi connectivity index (χ0) is 11.5. The fourth-order valence-corrected chi connectivity index (χ4v) is 1.75. The van der Waals surface area contributed by atoms with Crippen LogP contribution in [0.2, 0.25) is 5.02 Å². The average Bonchev–Trinajstić information content (AvgIpc) is 2.77. The highest BCUT2D eigenvalue weighted by molar-refractivity contribution is 6.32. The molecule has 0 aliphatic rings. The first-order chi connectivity index (χ1) is 7.76. The third-order valence-electron chi connectivity index (χ3n) is 2.15. The molecule has 84 valence electrons. The van der Waals surface area contributed by atoms with Crippen LogP contribution in [0, 0.1) is 0 Å². The van der Waals surface area contributed by atoms with E-state index >= 15 is 0 Å². The second-order valence-corrected chi connectivity index (χ2v) is 3.74. The van der Waals surface area contributed by atoms with Crippen LogP contribution in [0.25, 0.3) is 5.69 Å². The van der Waals surface area contributed by atoms with E-state index in [9.17, 15) is 0 Å². The van der Waals surface area contributed by atoms with Crippen molar-refractivity contribution in [3.63, 3.8) is 0 Å². The second kappa shape index (κ2) is 4.72. The first-order valence-electron chi connectivity index (χ1n) is 4.55. The fourth-order valence-electron chi connectivity index (χ4n) is 1.36. The van der Waals surface area contributed by atoms with Gasteiger partial charge in [-0.1, -0.05) is 11.6 Å². The molecule has 0 bridgehead atoms. The second-order valence-electron chi connectivity index (χ2n) is 3.07. The van der Waals surface area contributed by atoms with Gasteiger partial charge >= 0.3 is 0 Å². The number of hydrogen-bond acceptors (Lipinski definition) is 3. The summed E-state index contributed by atoms with van der Waals surface area (Å²) in [5.74, 6) is 1.62. The molecule has 0 spiro atoms. The van der Waals surface area contributed by atoms with Gasteiger partial charge in [-0.05, 0) is 12.1 Å². The maximum atomic E-state index is 6.10. The van der Waals surface area contributed by atoms with E-state index in [1.165, 1.54) is 0 Å². The molecular formula is C10H9Cl2N3O. The van der Waals surface area contributed by atoms with Gasteiger partial charge in [0, 0.05) is 6.07 Å². The maximum absolute atomic E-state index is 6.10. The van der Waals surface area contributed by atoms with E-state index in [1.807, 2.05) is 6.07 Å². The minimum atomic E-state index is 0.271. The minimum absolute atomic E-state index is 0.271. The Morgan fingerprint density at radius 2 is 2.25 bits per heavy atom. The highest BCUT2D eigenvalue weighted by Gasteiger charge is 2.09. The van der Waals surface area contributed by atoms with E-state index in [2.05, 4.69) is 10.2 Å². The molecule has 0 aliphatic carbocycles. The zero-order valence-corrected chi connectivity index (χ0v) is 10.0. The van der Waals surface area contributed by atoms with Crippen LogP contribution in [0.3, 0.4) is 0 Å². The Morgan fingerprint density at radius 1 is 1.44 bits per heavy atom. The highest BCUT2D eigenvalue weighted by Crippen LogP contribution is 2.26. The smallest absolute Gasteiger partial charge is 0.152 e. The Balaban J connectivity index is 2.54. The molecule has 16 heavy (non-hydrogen) atoms. The molecule has 2 rings (SSSR count). The summed E-state index contributed by atoms with van der Waals surface area (Å²) in [5.41, 5.74) is 0.752. The molecule has 1 aromatic heterocycles. The lowest BCUT2D eigenvalue weighted by molar-refractivity contribution is 0.414. The predicted molar refractivity (Wildman–Crippen MR) is 62.5 cm³/mol. The van der Waals surface area contributed by atoms with Gasteiger partial charge in [0.2, 0.25) is 0 Å². The zero-order valence-electron chi connectivity index (χ0n) is 8.52. The van der Waals surface area contributed by atoms with Crippen molar-refractivity contribution in [2.45, 2.75) is 5.88 Å². The number of ether oxygens (including phenoxy) is 1. The SMILES string of the molecule is COc1ccc(Cl)c(-n2cnnc2CCl)c1. The summed E-state index contributed by atoms with van der Waals surface area (Å²) in [4.78, 5) is 0. The largest absolute Gasteiger partial charge is 0.497 e.